The van der Waals surface area contributed by atoms with Crippen LogP contribution in [0.15, 0.2) is 23.2 Å². The van der Waals surface area contributed by atoms with Crippen molar-refractivity contribution in [2.75, 3.05) is 32.7 Å². The van der Waals surface area contributed by atoms with Gasteiger partial charge in [0.25, 0.3) is 0 Å². The van der Waals surface area contributed by atoms with E-state index in [0.29, 0.717) is 12.5 Å². The summed E-state index contributed by atoms with van der Waals surface area (Å²) >= 11 is 0. The fourth-order valence-electron chi connectivity index (χ4n) is 2.82. The number of piperidine rings is 1. The number of rotatable bonds is 7. The molecule has 1 saturated heterocycles. The van der Waals surface area contributed by atoms with Crippen molar-refractivity contribution in [1.29, 1.82) is 0 Å². The Morgan fingerprint density at radius 3 is 2.76 bits per heavy atom. The number of nitrogens with zero attached hydrogens (tertiary/aromatic N) is 2. The minimum Gasteiger partial charge on any atom is -0.393 e. The molecule has 1 aliphatic heterocycles. The number of guanidine groups is 1. The number of aliphatic hydroxyl groups excluding tert-OH is 1. The van der Waals surface area contributed by atoms with Gasteiger partial charge >= 0.3 is 0 Å². The van der Waals surface area contributed by atoms with Crippen LogP contribution in [-0.4, -0.2) is 54.8 Å². The molecule has 0 bridgehead atoms. The highest BCUT2D eigenvalue weighted by Crippen LogP contribution is 2.11. The Hall–Kier alpha value is -1.73. The highest BCUT2D eigenvalue weighted by atomic mass is 19.1. The number of aliphatic hydroxyl groups is 1. The van der Waals surface area contributed by atoms with Crippen molar-refractivity contribution in [2.45, 2.75) is 38.8 Å². The third-order valence-corrected chi connectivity index (χ3v) is 4.26. The minimum absolute atomic E-state index is 0.0863. The number of nitrogens with one attached hydrogen (secondary N) is 2. The molecule has 1 aromatic rings. The van der Waals surface area contributed by atoms with E-state index < -0.39 is 11.6 Å². The highest BCUT2D eigenvalue weighted by Gasteiger charge is 2.16. The topological polar surface area (TPSA) is 59.9 Å². The van der Waals surface area contributed by atoms with Crippen molar-refractivity contribution in [1.82, 2.24) is 15.5 Å². The van der Waals surface area contributed by atoms with E-state index >= 15 is 0 Å². The van der Waals surface area contributed by atoms with Crippen LogP contribution < -0.4 is 10.6 Å². The summed E-state index contributed by atoms with van der Waals surface area (Å²) in [6.07, 6.45) is 2.49. The first-order chi connectivity index (χ1) is 12.1. The van der Waals surface area contributed by atoms with Gasteiger partial charge < -0.3 is 20.6 Å². The summed E-state index contributed by atoms with van der Waals surface area (Å²) < 4.78 is 26.8. The van der Waals surface area contributed by atoms with Gasteiger partial charge in [-0.05, 0) is 50.9 Å². The van der Waals surface area contributed by atoms with Gasteiger partial charge in [0.2, 0.25) is 0 Å². The Kier molecular flexibility index (Phi) is 8.08. The lowest BCUT2D eigenvalue weighted by Gasteiger charge is -2.29. The van der Waals surface area contributed by atoms with Gasteiger partial charge in [-0.3, -0.25) is 0 Å². The molecule has 1 aliphatic rings. The smallest absolute Gasteiger partial charge is 0.191 e. The minimum atomic E-state index is -0.462. The van der Waals surface area contributed by atoms with Crippen LogP contribution in [-0.2, 0) is 6.54 Å². The summed E-state index contributed by atoms with van der Waals surface area (Å²) in [5, 5.41) is 15.8. The lowest BCUT2D eigenvalue weighted by atomic mass is 10.1. The van der Waals surface area contributed by atoms with E-state index in [0.717, 1.165) is 57.6 Å². The van der Waals surface area contributed by atoms with Crippen LogP contribution in [0.4, 0.5) is 8.78 Å². The summed E-state index contributed by atoms with van der Waals surface area (Å²) in [6, 6.07) is 3.40. The van der Waals surface area contributed by atoms with Crippen molar-refractivity contribution in [3.05, 3.63) is 35.4 Å². The van der Waals surface area contributed by atoms with Crippen molar-refractivity contribution in [2.24, 2.45) is 4.99 Å². The number of likely N-dealkylation sites (tertiary alicyclic amines) is 1. The molecule has 0 unspecified atom stereocenters. The predicted molar refractivity (Wildman–Crippen MR) is 95.5 cm³/mol. The third-order valence-electron chi connectivity index (χ3n) is 4.26. The maximum Gasteiger partial charge on any atom is 0.191 e. The largest absolute Gasteiger partial charge is 0.393 e. The van der Waals surface area contributed by atoms with Crippen LogP contribution in [0.3, 0.4) is 0 Å². The van der Waals surface area contributed by atoms with Crippen LogP contribution in [0.25, 0.3) is 0 Å². The Morgan fingerprint density at radius 1 is 1.28 bits per heavy atom. The molecule has 7 heteroatoms. The molecule has 0 saturated carbocycles. The van der Waals surface area contributed by atoms with Gasteiger partial charge in [0, 0.05) is 31.7 Å². The van der Waals surface area contributed by atoms with Crippen LogP contribution in [0.2, 0.25) is 0 Å². The first-order valence-electron chi connectivity index (χ1n) is 8.95. The molecule has 0 spiro atoms. The molecule has 0 aromatic heterocycles. The van der Waals surface area contributed by atoms with Crippen LogP contribution in [0, 0.1) is 11.6 Å². The van der Waals surface area contributed by atoms with Crippen molar-refractivity contribution >= 4 is 5.96 Å². The van der Waals surface area contributed by atoms with Crippen LogP contribution in [0.1, 0.15) is 31.7 Å². The molecular formula is C18H28F2N4O. The normalized spacial score (nSPS) is 16.9. The molecule has 1 fully saturated rings. The van der Waals surface area contributed by atoms with E-state index in [-0.39, 0.29) is 18.2 Å². The standard InChI is InChI=1S/C18H28F2N4O/c1-2-21-18(23-13-14-12-15(19)4-5-17(14)20)22-8-3-9-24-10-6-16(25)7-11-24/h4-5,12,16,25H,2-3,6-11,13H2,1H3,(H2,21,22,23). The zero-order valence-corrected chi connectivity index (χ0v) is 14.8. The van der Waals surface area contributed by atoms with Crippen LogP contribution >= 0.6 is 0 Å². The van der Waals surface area contributed by atoms with Gasteiger partial charge in [-0.15, -0.1) is 0 Å². The van der Waals surface area contributed by atoms with Crippen LogP contribution in [0.5, 0.6) is 0 Å². The average molecular weight is 354 g/mol. The fourth-order valence-corrected chi connectivity index (χ4v) is 2.82. The second-order valence-corrected chi connectivity index (χ2v) is 6.28. The molecule has 25 heavy (non-hydrogen) atoms. The number of halogens is 2. The molecule has 140 valence electrons. The van der Waals surface area contributed by atoms with Gasteiger partial charge in [0.1, 0.15) is 11.6 Å². The molecule has 0 radical (unpaired) electrons. The van der Waals surface area contributed by atoms with E-state index in [2.05, 4.69) is 20.5 Å². The average Bonchev–Trinajstić information content (AvgIpc) is 2.60. The lowest BCUT2D eigenvalue weighted by molar-refractivity contribution is 0.0823. The first-order valence-corrected chi connectivity index (χ1v) is 8.95. The summed E-state index contributed by atoms with van der Waals surface area (Å²) in [5.74, 6) is -0.315. The Balaban J connectivity index is 1.76. The monoisotopic (exact) mass is 354 g/mol. The second-order valence-electron chi connectivity index (χ2n) is 6.28. The van der Waals surface area contributed by atoms with Crippen molar-refractivity contribution in [3.63, 3.8) is 0 Å². The Morgan fingerprint density at radius 2 is 2.04 bits per heavy atom. The number of aliphatic imine (C=N–C) groups is 1. The molecular weight excluding hydrogens is 326 g/mol. The van der Waals surface area contributed by atoms with Crippen molar-refractivity contribution in [3.8, 4) is 0 Å². The van der Waals surface area contributed by atoms with E-state index in [1.807, 2.05) is 6.92 Å². The Bertz CT molecular complexity index is 560. The Labute approximate surface area is 148 Å². The molecule has 0 amide bonds. The van der Waals surface area contributed by atoms with Gasteiger partial charge in [-0.2, -0.15) is 0 Å². The second kappa shape index (κ2) is 10.3. The lowest BCUT2D eigenvalue weighted by Crippen LogP contribution is -2.40. The molecule has 0 aliphatic carbocycles. The third kappa shape index (κ3) is 6.96. The number of hydrogen-bond acceptors (Lipinski definition) is 3. The molecule has 0 atom stereocenters. The molecule has 5 nitrogen and oxygen atoms in total. The molecule has 3 N–H and O–H groups in total. The summed E-state index contributed by atoms with van der Waals surface area (Å²) in [6.45, 7) is 6.33. The maximum atomic E-state index is 13.6. The molecule has 1 heterocycles. The quantitative estimate of drug-likeness (QED) is 0.397. The zero-order valence-electron chi connectivity index (χ0n) is 14.8. The van der Waals surface area contributed by atoms with E-state index in [1.54, 1.807) is 0 Å². The fraction of sp³-hybridized carbons (Fsp3) is 0.611. The van der Waals surface area contributed by atoms with Gasteiger partial charge in [0.05, 0.1) is 12.6 Å². The first kappa shape index (κ1) is 19.6. The van der Waals surface area contributed by atoms with Crippen molar-refractivity contribution < 1.29 is 13.9 Å². The SMILES string of the molecule is CCNC(=NCc1cc(F)ccc1F)NCCCN1CCC(O)CC1. The molecule has 1 aromatic carbocycles. The summed E-state index contributed by atoms with van der Waals surface area (Å²) in [7, 11) is 0. The number of benzene rings is 1. The van der Waals surface area contributed by atoms with E-state index in [4.69, 9.17) is 0 Å². The van der Waals surface area contributed by atoms with Gasteiger partial charge in [-0.25, -0.2) is 13.8 Å². The summed E-state index contributed by atoms with van der Waals surface area (Å²) in [4.78, 5) is 6.67. The van der Waals surface area contributed by atoms with Gasteiger partial charge in [-0.1, -0.05) is 0 Å². The zero-order chi connectivity index (χ0) is 18.1. The van der Waals surface area contributed by atoms with E-state index in [1.165, 1.54) is 6.07 Å². The highest BCUT2D eigenvalue weighted by molar-refractivity contribution is 5.79. The number of hydrogen-bond donors (Lipinski definition) is 3. The predicted octanol–water partition coefficient (Wildman–Crippen LogP) is 1.87. The molecule has 2 rings (SSSR count). The maximum absolute atomic E-state index is 13.6. The summed E-state index contributed by atoms with van der Waals surface area (Å²) in [5.41, 5.74) is 0.240. The van der Waals surface area contributed by atoms with E-state index in [9.17, 15) is 13.9 Å². The van der Waals surface area contributed by atoms with Gasteiger partial charge in [0.15, 0.2) is 5.96 Å².